The fourth-order valence-corrected chi connectivity index (χ4v) is 5.35. The summed E-state index contributed by atoms with van der Waals surface area (Å²) >= 11 is 1.41. The number of rotatable bonds is 5. The molecule has 0 unspecified atom stereocenters. The number of amides is 1. The molecule has 1 saturated carbocycles. The van der Waals surface area contributed by atoms with E-state index in [1.54, 1.807) is 18.2 Å². The third-order valence-corrected chi connectivity index (χ3v) is 7.09. The summed E-state index contributed by atoms with van der Waals surface area (Å²) in [6, 6.07) is 6.32. The topological polar surface area (TPSA) is 85.2 Å². The van der Waals surface area contributed by atoms with Crippen LogP contribution in [0.25, 0.3) is 0 Å². The lowest BCUT2D eigenvalue weighted by Gasteiger charge is -2.14. The summed E-state index contributed by atoms with van der Waals surface area (Å²) in [6.07, 6.45) is 2.30. The van der Waals surface area contributed by atoms with Crippen molar-refractivity contribution in [1.82, 2.24) is 19.1 Å². The van der Waals surface area contributed by atoms with Gasteiger partial charge >= 0.3 is 0 Å². The lowest BCUT2D eigenvalue weighted by molar-refractivity contribution is 0.0876. The molecule has 1 aliphatic carbocycles. The van der Waals surface area contributed by atoms with Gasteiger partial charge in [0.15, 0.2) is 5.16 Å². The van der Waals surface area contributed by atoms with E-state index >= 15 is 0 Å². The Bertz CT molecular complexity index is 919. The van der Waals surface area contributed by atoms with E-state index in [2.05, 4.69) is 10.2 Å². The molecule has 24 heavy (non-hydrogen) atoms. The summed E-state index contributed by atoms with van der Waals surface area (Å²) in [4.78, 5) is 12.4. The quantitative estimate of drug-likeness (QED) is 0.750. The van der Waals surface area contributed by atoms with Crippen molar-refractivity contribution in [3.63, 3.8) is 0 Å². The Morgan fingerprint density at radius 1 is 1.25 bits per heavy atom. The van der Waals surface area contributed by atoms with E-state index < -0.39 is 15.9 Å². The molecule has 0 saturated heterocycles. The number of carbonyl (C=O) groups excluding carboxylic acids is 1. The number of fused-ring (bicyclic) bond motifs is 1. The number of sulfonamides is 1. The van der Waals surface area contributed by atoms with Crippen LogP contribution in [-0.2, 0) is 17.1 Å². The summed E-state index contributed by atoms with van der Waals surface area (Å²) in [6.45, 7) is 0.117. The number of carbonyl (C=O) groups is 1. The molecule has 0 radical (unpaired) electrons. The van der Waals surface area contributed by atoms with E-state index in [9.17, 15) is 13.2 Å². The van der Waals surface area contributed by atoms with Crippen molar-refractivity contribution in [2.75, 3.05) is 12.3 Å². The van der Waals surface area contributed by atoms with E-state index in [1.807, 2.05) is 11.6 Å². The summed E-state index contributed by atoms with van der Waals surface area (Å²) < 4.78 is 27.8. The molecule has 0 N–H and O–H groups in total. The van der Waals surface area contributed by atoms with E-state index in [4.69, 9.17) is 0 Å². The van der Waals surface area contributed by atoms with Crippen molar-refractivity contribution in [3.8, 4) is 0 Å². The Labute approximate surface area is 144 Å². The summed E-state index contributed by atoms with van der Waals surface area (Å²) in [5.41, 5.74) is 0.247. The fraction of sp³-hybridized carbons (Fsp3) is 0.400. The van der Waals surface area contributed by atoms with Gasteiger partial charge in [-0.15, -0.1) is 10.2 Å². The van der Waals surface area contributed by atoms with Crippen molar-refractivity contribution in [3.05, 3.63) is 35.7 Å². The van der Waals surface area contributed by atoms with Crippen LogP contribution in [0.15, 0.2) is 34.3 Å². The average Bonchev–Trinajstić information content (AvgIpc) is 3.31. The highest BCUT2D eigenvalue weighted by Gasteiger charge is 2.40. The van der Waals surface area contributed by atoms with Crippen LogP contribution >= 0.6 is 11.8 Å². The zero-order valence-corrected chi connectivity index (χ0v) is 14.7. The highest BCUT2D eigenvalue weighted by molar-refractivity contribution is 7.99. The Balaban J connectivity index is 1.46. The molecule has 0 spiro atoms. The number of nitrogens with zero attached hydrogens (tertiary/aromatic N) is 4. The number of aromatic nitrogens is 3. The first-order valence-electron chi connectivity index (χ1n) is 7.68. The predicted octanol–water partition coefficient (Wildman–Crippen LogP) is 1.63. The fourth-order valence-electron chi connectivity index (χ4n) is 2.82. The summed E-state index contributed by atoms with van der Waals surface area (Å²) in [5, 5.41) is 9.11. The Kier molecular flexibility index (Phi) is 3.65. The SMILES string of the molecule is Cn1c(SCCN2C(=O)c3ccccc3S2(=O)=O)nnc1C1CC1. The first-order chi connectivity index (χ1) is 11.5. The molecule has 4 rings (SSSR count). The monoisotopic (exact) mass is 364 g/mol. The van der Waals surface area contributed by atoms with Crippen LogP contribution < -0.4 is 0 Å². The van der Waals surface area contributed by atoms with E-state index in [-0.39, 0.29) is 17.0 Å². The average molecular weight is 364 g/mol. The third kappa shape index (κ3) is 2.42. The Morgan fingerprint density at radius 3 is 2.71 bits per heavy atom. The highest BCUT2D eigenvalue weighted by Crippen LogP contribution is 2.39. The standard InChI is InChI=1S/C15H16N4O3S2/c1-18-13(10-6-7-10)16-17-15(18)23-9-8-19-14(20)11-4-2-3-5-12(11)24(19,21)22/h2-5,10H,6-9H2,1H3. The Morgan fingerprint density at radius 2 is 2.00 bits per heavy atom. The van der Waals surface area contributed by atoms with Crippen LogP contribution in [0, 0.1) is 0 Å². The van der Waals surface area contributed by atoms with Gasteiger partial charge in [0.1, 0.15) is 10.7 Å². The van der Waals surface area contributed by atoms with Gasteiger partial charge in [-0.25, -0.2) is 12.7 Å². The largest absolute Gasteiger partial charge is 0.309 e. The Hall–Kier alpha value is -1.87. The van der Waals surface area contributed by atoms with Gasteiger partial charge in [-0.1, -0.05) is 23.9 Å². The molecular formula is C15H16N4O3S2. The van der Waals surface area contributed by atoms with Gasteiger partial charge < -0.3 is 4.57 Å². The van der Waals surface area contributed by atoms with Crippen molar-refractivity contribution < 1.29 is 13.2 Å². The van der Waals surface area contributed by atoms with Crippen LogP contribution in [0.3, 0.4) is 0 Å². The van der Waals surface area contributed by atoms with Gasteiger partial charge in [0.25, 0.3) is 15.9 Å². The van der Waals surface area contributed by atoms with Gasteiger partial charge in [-0.3, -0.25) is 4.79 Å². The molecule has 2 aliphatic rings. The van der Waals surface area contributed by atoms with Crippen LogP contribution in [0.4, 0.5) is 0 Å². The molecule has 2 aromatic rings. The van der Waals surface area contributed by atoms with E-state index in [1.165, 1.54) is 17.8 Å². The highest BCUT2D eigenvalue weighted by atomic mass is 32.2. The minimum Gasteiger partial charge on any atom is -0.309 e. The van der Waals surface area contributed by atoms with Crippen LogP contribution in [0.2, 0.25) is 0 Å². The zero-order valence-electron chi connectivity index (χ0n) is 13.0. The lowest BCUT2D eigenvalue weighted by Crippen LogP contribution is -2.32. The number of hydrogen-bond acceptors (Lipinski definition) is 6. The third-order valence-electron chi connectivity index (χ3n) is 4.25. The lowest BCUT2D eigenvalue weighted by atomic mass is 10.2. The van der Waals surface area contributed by atoms with Crippen molar-refractivity contribution in [1.29, 1.82) is 0 Å². The number of hydrogen-bond donors (Lipinski definition) is 0. The molecule has 0 bridgehead atoms. The van der Waals surface area contributed by atoms with Crippen LogP contribution in [0.5, 0.6) is 0 Å². The van der Waals surface area contributed by atoms with Crippen molar-refractivity contribution in [2.45, 2.75) is 28.8 Å². The molecule has 1 fully saturated rings. The molecule has 1 aromatic carbocycles. The van der Waals surface area contributed by atoms with E-state index in [0.29, 0.717) is 11.7 Å². The van der Waals surface area contributed by atoms with Crippen LogP contribution in [0.1, 0.15) is 34.9 Å². The first-order valence-corrected chi connectivity index (χ1v) is 10.1. The second kappa shape index (κ2) is 5.59. The molecule has 9 heteroatoms. The smallest absolute Gasteiger partial charge is 0.269 e. The summed E-state index contributed by atoms with van der Waals surface area (Å²) in [7, 11) is -1.81. The van der Waals surface area contributed by atoms with Crippen LogP contribution in [-0.4, -0.2) is 45.7 Å². The first kappa shape index (κ1) is 15.6. The zero-order chi connectivity index (χ0) is 16.9. The molecule has 126 valence electrons. The maximum atomic E-state index is 12.5. The molecule has 1 amide bonds. The van der Waals surface area contributed by atoms with Gasteiger partial charge in [-0.2, -0.15) is 0 Å². The molecule has 0 atom stereocenters. The molecule has 2 heterocycles. The van der Waals surface area contributed by atoms with E-state index in [0.717, 1.165) is 28.1 Å². The van der Waals surface area contributed by atoms with Gasteiger partial charge in [0.2, 0.25) is 0 Å². The van der Waals surface area contributed by atoms with Gasteiger partial charge in [0, 0.05) is 25.3 Å². The second-order valence-corrected chi connectivity index (χ2v) is 8.79. The number of benzene rings is 1. The molecule has 1 aromatic heterocycles. The maximum Gasteiger partial charge on any atom is 0.269 e. The number of thioether (sulfide) groups is 1. The second-order valence-electron chi connectivity index (χ2n) is 5.90. The molecule has 1 aliphatic heterocycles. The molecule has 7 nitrogen and oxygen atoms in total. The molecular weight excluding hydrogens is 348 g/mol. The van der Waals surface area contributed by atoms with Crippen molar-refractivity contribution >= 4 is 27.7 Å². The minimum atomic E-state index is -3.73. The van der Waals surface area contributed by atoms with Gasteiger partial charge in [-0.05, 0) is 25.0 Å². The normalized spacial score (nSPS) is 18.9. The van der Waals surface area contributed by atoms with Gasteiger partial charge in [0.05, 0.1) is 5.56 Å². The maximum absolute atomic E-state index is 12.5. The van der Waals surface area contributed by atoms with Crippen molar-refractivity contribution in [2.24, 2.45) is 7.05 Å². The summed E-state index contributed by atoms with van der Waals surface area (Å²) in [5.74, 6) is 1.47. The minimum absolute atomic E-state index is 0.0923. The predicted molar refractivity (Wildman–Crippen MR) is 88.4 cm³/mol.